The Morgan fingerprint density at radius 2 is 2.00 bits per heavy atom. The maximum Gasteiger partial charge on any atom is 0.224 e. The van der Waals surface area contributed by atoms with Gasteiger partial charge in [-0.1, -0.05) is 13.0 Å². The van der Waals surface area contributed by atoms with Gasteiger partial charge in [0.25, 0.3) is 0 Å². The van der Waals surface area contributed by atoms with Gasteiger partial charge in [-0.15, -0.1) is 0 Å². The molecular weight excluding hydrogens is 378 g/mol. The number of nitrogens with zero attached hydrogens (tertiary/aromatic N) is 4. The van der Waals surface area contributed by atoms with Crippen molar-refractivity contribution in [3.63, 3.8) is 0 Å². The lowest BCUT2D eigenvalue weighted by Crippen LogP contribution is -2.59. The number of hydrogen-bond donors (Lipinski definition) is 3. The van der Waals surface area contributed by atoms with E-state index in [2.05, 4.69) is 42.5 Å². The summed E-state index contributed by atoms with van der Waals surface area (Å²) in [6, 6.07) is 6.28. The predicted octanol–water partition coefficient (Wildman–Crippen LogP) is 3.43. The van der Waals surface area contributed by atoms with E-state index >= 15 is 0 Å². The van der Waals surface area contributed by atoms with Crippen LogP contribution in [-0.2, 0) is 4.79 Å². The molecule has 1 aliphatic rings. The number of amides is 1. The number of aromatic amines is 1. The van der Waals surface area contributed by atoms with Crippen molar-refractivity contribution in [2.24, 2.45) is 0 Å². The second-order valence-corrected chi connectivity index (χ2v) is 8.13. The van der Waals surface area contributed by atoms with Crippen LogP contribution in [0.3, 0.4) is 0 Å². The lowest BCUT2D eigenvalue weighted by Gasteiger charge is -2.45. The first-order valence-corrected chi connectivity index (χ1v) is 10.2. The lowest BCUT2D eigenvalue weighted by atomic mass is 9.74. The maximum absolute atomic E-state index is 11.7. The number of fused-ring (bicyclic) bond motifs is 2. The molecule has 0 spiro atoms. The fourth-order valence-corrected chi connectivity index (χ4v) is 4.19. The number of carbonyl (C=O) groups excluding carboxylic acids is 1. The van der Waals surface area contributed by atoms with E-state index in [9.17, 15) is 4.79 Å². The Morgan fingerprint density at radius 3 is 2.80 bits per heavy atom. The molecule has 0 radical (unpaired) electrons. The van der Waals surface area contributed by atoms with Gasteiger partial charge in [-0.3, -0.25) is 14.8 Å². The number of H-pyrrole nitrogens is 1. The van der Waals surface area contributed by atoms with E-state index in [1.54, 1.807) is 12.4 Å². The predicted molar refractivity (Wildman–Crippen MR) is 116 cm³/mol. The minimum Gasteiger partial charge on any atom is -0.351 e. The highest BCUT2D eigenvalue weighted by Gasteiger charge is 2.41. The Bertz CT molecular complexity index is 1240. The van der Waals surface area contributed by atoms with Gasteiger partial charge in [0.2, 0.25) is 11.9 Å². The summed E-state index contributed by atoms with van der Waals surface area (Å²) >= 11 is 0. The molecule has 1 aromatic carbocycles. The average molecular weight is 401 g/mol. The highest BCUT2D eigenvalue weighted by Crippen LogP contribution is 2.34. The highest BCUT2D eigenvalue weighted by molar-refractivity contribution is 5.95. The molecule has 0 atom stereocenters. The van der Waals surface area contributed by atoms with Gasteiger partial charge >= 0.3 is 0 Å². The third-order valence-corrected chi connectivity index (χ3v) is 5.70. The van der Waals surface area contributed by atoms with Gasteiger partial charge in [0.05, 0.1) is 11.0 Å². The molecule has 4 aromatic rings. The molecule has 5 rings (SSSR count). The summed E-state index contributed by atoms with van der Waals surface area (Å²) in [6.07, 6.45) is 9.39. The highest BCUT2D eigenvalue weighted by atomic mass is 16.1. The molecule has 0 unspecified atom stereocenters. The van der Waals surface area contributed by atoms with Crippen molar-refractivity contribution in [2.45, 2.75) is 44.7 Å². The fraction of sp³-hybridized carbons (Fsp3) is 0.318. The first-order valence-electron chi connectivity index (χ1n) is 10.2. The smallest absolute Gasteiger partial charge is 0.224 e. The van der Waals surface area contributed by atoms with Crippen LogP contribution in [0.15, 0.2) is 43.0 Å². The number of rotatable bonds is 5. The maximum atomic E-state index is 11.7. The molecule has 3 aromatic heterocycles. The van der Waals surface area contributed by atoms with Crippen molar-refractivity contribution < 1.29 is 4.79 Å². The monoisotopic (exact) mass is 401 g/mol. The molecule has 3 heterocycles. The van der Waals surface area contributed by atoms with Crippen LogP contribution in [0.4, 0.5) is 5.95 Å². The molecule has 1 amide bonds. The molecular formula is C22H23N7O. The second-order valence-electron chi connectivity index (χ2n) is 8.13. The third-order valence-electron chi connectivity index (χ3n) is 5.70. The van der Waals surface area contributed by atoms with Crippen LogP contribution >= 0.6 is 0 Å². The fourth-order valence-electron chi connectivity index (χ4n) is 4.19. The van der Waals surface area contributed by atoms with Crippen molar-refractivity contribution in [1.29, 1.82) is 0 Å². The van der Waals surface area contributed by atoms with Crippen molar-refractivity contribution >= 4 is 33.9 Å². The minimum absolute atomic E-state index is 0.0900. The first kappa shape index (κ1) is 18.5. The molecule has 0 bridgehead atoms. The number of nitrogens with one attached hydrogen (secondary N) is 3. The van der Waals surface area contributed by atoms with Gasteiger partial charge < -0.3 is 15.6 Å². The van der Waals surface area contributed by atoms with Crippen LogP contribution in [0.5, 0.6) is 0 Å². The average Bonchev–Trinajstić information content (AvgIpc) is 3.15. The molecule has 30 heavy (non-hydrogen) atoms. The second kappa shape index (κ2) is 7.05. The van der Waals surface area contributed by atoms with Crippen molar-refractivity contribution in [2.75, 3.05) is 5.32 Å². The molecule has 0 aliphatic heterocycles. The minimum atomic E-state index is -0.145. The van der Waals surface area contributed by atoms with Gasteiger partial charge in [0.1, 0.15) is 5.65 Å². The van der Waals surface area contributed by atoms with E-state index < -0.39 is 0 Å². The van der Waals surface area contributed by atoms with Crippen molar-refractivity contribution in [3.05, 3.63) is 43.0 Å². The SMILES string of the molecule is CCC(=O)N[C@]1(C)C[C@@H](Nc2ncc3c(-c4ccc5nccnc5c4)c[nH]c3n2)C1. The van der Waals surface area contributed by atoms with Crippen LogP contribution in [0, 0.1) is 0 Å². The molecule has 8 nitrogen and oxygen atoms in total. The first-order chi connectivity index (χ1) is 14.5. The third kappa shape index (κ3) is 3.34. The number of aromatic nitrogens is 5. The molecule has 0 saturated heterocycles. The Hall–Kier alpha value is -3.55. The van der Waals surface area contributed by atoms with Gasteiger partial charge in [-0.2, -0.15) is 4.98 Å². The lowest BCUT2D eigenvalue weighted by molar-refractivity contribution is -0.123. The zero-order valence-electron chi connectivity index (χ0n) is 16.9. The topological polar surface area (TPSA) is 108 Å². The Kier molecular flexibility index (Phi) is 4.34. The molecule has 152 valence electrons. The molecule has 1 saturated carbocycles. The summed E-state index contributed by atoms with van der Waals surface area (Å²) < 4.78 is 0. The van der Waals surface area contributed by atoms with E-state index in [0.29, 0.717) is 12.4 Å². The van der Waals surface area contributed by atoms with Crippen LogP contribution in [0.25, 0.3) is 33.2 Å². The summed E-state index contributed by atoms with van der Waals surface area (Å²) in [5.41, 5.74) is 4.43. The van der Waals surface area contributed by atoms with E-state index in [0.717, 1.165) is 46.0 Å². The van der Waals surface area contributed by atoms with E-state index in [4.69, 9.17) is 0 Å². The number of benzene rings is 1. The van der Waals surface area contributed by atoms with Gasteiger partial charge in [0.15, 0.2) is 0 Å². The van der Waals surface area contributed by atoms with Gasteiger partial charge in [-0.05, 0) is 37.5 Å². The van der Waals surface area contributed by atoms with Gasteiger partial charge in [-0.25, -0.2) is 4.98 Å². The van der Waals surface area contributed by atoms with E-state index in [-0.39, 0.29) is 17.5 Å². The summed E-state index contributed by atoms with van der Waals surface area (Å²) in [7, 11) is 0. The quantitative estimate of drug-likeness (QED) is 0.473. The zero-order valence-corrected chi connectivity index (χ0v) is 16.9. The number of anilines is 1. The largest absolute Gasteiger partial charge is 0.351 e. The molecule has 8 heteroatoms. The molecule has 1 aliphatic carbocycles. The molecule has 1 fully saturated rings. The summed E-state index contributed by atoms with van der Waals surface area (Å²) in [6.45, 7) is 3.94. The Morgan fingerprint density at radius 1 is 1.20 bits per heavy atom. The zero-order chi connectivity index (χ0) is 20.7. The standard InChI is InChI=1S/C22H23N7O/c1-3-19(30)29-22(2)9-14(10-22)27-21-26-12-16-15(11-25-20(16)28-21)13-4-5-17-18(8-13)24-7-6-23-17/h4-8,11-12,14H,3,9-10H2,1-2H3,(H,29,30)(H2,25,26,27,28)/t14-,22-. The van der Waals surface area contributed by atoms with E-state index in [1.807, 2.05) is 37.5 Å². The number of carbonyl (C=O) groups is 1. The van der Waals surface area contributed by atoms with Crippen molar-refractivity contribution in [3.8, 4) is 11.1 Å². The Balaban J connectivity index is 1.34. The molecule has 3 N–H and O–H groups in total. The Labute approximate surface area is 173 Å². The number of hydrogen-bond acceptors (Lipinski definition) is 6. The van der Waals surface area contributed by atoms with Crippen LogP contribution in [0.2, 0.25) is 0 Å². The normalized spacial score (nSPS) is 20.8. The van der Waals surface area contributed by atoms with Crippen molar-refractivity contribution in [1.82, 2.24) is 30.2 Å². The van der Waals surface area contributed by atoms with Crippen LogP contribution < -0.4 is 10.6 Å². The van der Waals surface area contributed by atoms with Crippen LogP contribution in [-0.4, -0.2) is 42.4 Å². The summed E-state index contributed by atoms with van der Waals surface area (Å²) in [5.74, 6) is 0.682. The van der Waals surface area contributed by atoms with Crippen LogP contribution in [0.1, 0.15) is 33.1 Å². The summed E-state index contributed by atoms with van der Waals surface area (Å²) in [5, 5.41) is 7.42. The van der Waals surface area contributed by atoms with E-state index in [1.165, 1.54) is 0 Å². The summed E-state index contributed by atoms with van der Waals surface area (Å²) in [4.78, 5) is 32.8. The van der Waals surface area contributed by atoms with Gasteiger partial charge in [0, 0.05) is 53.7 Å².